The molecule has 1 heterocycles. The topological polar surface area (TPSA) is 107 Å². The molecule has 2 atom stereocenters. The van der Waals surface area contributed by atoms with Gasteiger partial charge in [0.25, 0.3) is 0 Å². The maximum absolute atomic E-state index is 13.1. The van der Waals surface area contributed by atoms with E-state index in [-0.39, 0.29) is 29.6 Å². The Kier molecular flexibility index (Phi) is 9.38. The predicted molar refractivity (Wildman–Crippen MR) is 117 cm³/mol. The van der Waals surface area contributed by atoms with E-state index in [1.807, 2.05) is 42.5 Å². The molecule has 3 N–H and O–H groups in total. The molecule has 1 aliphatic heterocycles. The molecule has 3 rings (SSSR count). The second kappa shape index (κ2) is 11.5. The van der Waals surface area contributed by atoms with Crippen LogP contribution in [-0.2, 0) is 20.8 Å². The van der Waals surface area contributed by atoms with Crippen LogP contribution in [0.4, 0.5) is 5.69 Å². The molecule has 30 heavy (non-hydrogen) atoms. The van der Waals surface area contributed by atoms with Gasteiger partial charge in [0.1, 0.15) is 12.6 Å². The van der Waals surface area contributed by atoms with E-state index in [1.165, 1.54) is 16.7 Å². The third-order valence-corrected chi connectivity index (χ3v) is 5.84. The van der Waals surface area contributed by atoms with Gasteiger partial charge in [-0.15, -0.1) is 11.8 Å². The molecule has 154 valence electrons. The molecule has 9 heteroatoms. The average molecular weight is 438 g/mol. The third-order valence-electron chi connectivity index (χ3n) is 4.68. The number of nitrogens with one attached hydrogen (secondary N) is 1. The fourth-order valence-electron chi connectivity index (χ4n) is 3.25. The first-order valence-electron chi connectivity index (χ1n) is 9.23. The SMILES string of the molecule is O=C(O)CN1C(=O)C(N[C@H](CCc2ccccc2)C(=O)O)CSc2ccccc21.[NaH]. The molecule has 2 aromatic rings. The van der Waals surface area contributed by atoms with E-state index < -0.39 is 36.5 Å². The molecule has 0 saturated heterocycles. The van der Waals surface area contributed by atoms with Gasteiger partial charge in [0.2, 0.25) is 5.91 Å². The summed E-state index contributed by atoms with van der Waals surface area (Å²) < 4.78 is 0. The zero-order valence-corrected chi connectivity index (χ0v) is 16.5. The van der Waals surface area contributed by atoms with Gasteiger partial charge in [0, 0.05) is 10.6 Å². The molecule has 0 aromatic heterocycles. The summed E-state index contributed by atoms with van der Waals surface area (Å²) in [6.45, 7) is -0.476. The van der Waals surface area contributed by atoms with Crippen molar-refractivity contribution in [2.75, 3.05) is 17.2 Å². The fraction of sp³-hybridized carbons (Fsp3) is 0.286. The second-order valence-corrected chi connectivity index (χ2v) is 7.79. The van der Waals surface area contributed by atoms with Crippen LogP contribution in [0.3, 0.4) is 0 Å². The van der Waals surface area contributed by atoms with E-state index in [1.54, 1.807) is 12.1 Å². The molecule has 1 amide bonds. The minimum absolute atomic E-state index is 0. The Balaban J connectivity index is 0.00000320. The number of amides is 1. The number of benzene rings is 2. The zero-order chi connectivity index (χ0) is 20.8. The number of para-hydroxylation sites is 1. The summed E-state index contributed by atoms with van der Waals surface area (Å²) in [7, 11) is 0. The van der Waals surface area contributed by atoms with Crippen LogP contribution in [0.15, 0.2) is 59.5 Å². The van der Waals surface area contributed by atoms with Gasteiger partial charge in [-0.05, 0) is 30.5 Å². The van der Waals surface area contributed by atoms with Gasteiger partial charge < -0.3 is 10.2 Å². The molecule has 0 bridgehead atoms. The number of fused-ring (bicyclic) bond motifs is 1. The number of hydrogen-bond donors (Lipinski definition) is 3. The Labute approximate surface area is 201 Å². The number of carbonyl (C=O) groups is 3. The molecule has 0 fully saturated rings. The Hall–Kier alpha value is -1.84. The summed E-state index contributed by atoms with van der Waals surface area (Å²) in [6, 6.07) is 14.9. The Morgan fingerprint density at radius 2 is 1.77 bits per heavy atom. The maximum atomic E-state index is 13.1. The van der Waals surface area contributed by atoms with Crippen molar-refractivity contribution in [1.82, 2.24) is 5.32 Å². The van der Waals surface area contributed by atoms with Crippen molar-refractivity contribution in [1.29, 1.82) is 0 Å². The number of rotatable bonds is 8. The summed E-state index contributed by atoms with van der Waals surface area (Å²) in [6.07, 6.45) is 0.873. The number of aliphatic carboxylic acids is 2. The molecular weight excluding hydrogens is 415 g/mol. The summed E-state index contributed by atoms with van der Waals surface area (Å²) in [5.41, 5.74) is 1.55. The molecule has 0 aliphatic carbocycles. The Morgan fingerprint density at radius 1 is 1.10 bits per heavy atom. The van der Waals surface area contributed by atoms with Gasteiger partial charge in [0.05, 0.1) is 11.7 Å². The number of anilines is 1. The van der Waals surface area contributed by atoms with Crippen molar-refractivity contribution in [3.8, 4) is 0 Å². The second-order valence-electron chi connectivity index (χ2n) is 6.73. The van der Waals surface area contributed by atoms with E-state index in [0.717, 1.165) is 10.5 Å². The van der Waals surface area contributed by atoms with Crippen LogP contribution in [0.5, 0.6) is 0 Å². The van der Waals surface area contributed by atoms with Crippen LogP contribution in [0.1, 0.15) is 12.0 Å². The van der Waals surface area contributed by atoms with Crippen molar-refractivity contribution in [2.24, 2.45) is 0 Å². The van der Waals surface area contributed by atoms with Gasteiger partial charge in [0.15, 0.2) is 0 Å². The summed E-state index contributed by atoms with van der Waals surface area (Å²) in [4.78, 5) is 38.2. The van der Waals surface area contributed by atoms with E-state index in [2.05, 4.69) is 5.32 Å². The normalized spacial score (nSPS) is 16.7. The van der Waals surface area contributed by atoms with E-state index in [0.29, 0.717) is 24.3 Å². The van der Waals surface area contributed by atoms with Gasteiger partial charge in [-0.1, -0.05) is 42.5 Å². The summed E-state index contributed by atoms with van der Waals surface area (Å²) >= 11 is 1.41. The van der Waals surface area contributed by atoms with Crippen LogP contribution in [-0.4, -0.2) is 82.0 Å². The van der Waals surface area contributed by atoms with Crippen molar-refractivity contribution in [3.63, 3.8) is 0 Å². The Morgan fingerprint density at radius 3 is 2.43 bits per heavy atom. The van der Waals surface area contributed by atoms with Gasteiger partial charge in [-0.3, -0.25) is 24.6 Å². The molecule has 1 aliphatic rings. The van der Waals surface area contributed by atoms with Gasteiger partial charge in [-0.25, -0.2) is 0 Å². The Bertz CT molecular complexity index is 896. The number of nitrogens with zero attached hydrogens (tertiary/aromatic N) is 1. The predicted octanol–water partition coefficient (Wildman–Crippen LogP) is 1.61. The number of thioether (sulfide) groups is 1. The van der Waals surface area contributed by atoms with E-state index in [9.17, 15) is 24.6 Å². The van der Waals surface area contributed by atoms with Gasteiger partial charge >= 0.3 is 41.5 Å². The monoisotopic (exact) mass is 438 g/mol. The van der Waals surface area contributed by atoms with Crippen LogP contribution in [0.2, 0.25) is 0 Å². The zero-order valence-electron chi connectivity index (χ0n) is 15.7. The number of hydrogen-bond acceptors (Lipinski definition) is 5. The van der Waals surface area contributed by atoms with E-state index in [4.69, 9.17) is 0 Å². The number of carbonyl (C=O) groups excluding carboxylic acids is 1. The molecule has 0 spiro atoms. The number of aryl methyl sites for hydroxylation is 1. The first kappa shape index (κ1) is 24.4. The molecule has 2 aromatic carbocycles. The van der Waals surface area contributed by atoms with Crippen LogP contribution in [0.25, 0.3) is 0 Å². The van der Waals surface area contributed by atoms with Crippen molar-refractivity contribution >= 4 is 64.9 Å². The summed E-state index contributed by atoms with van der Waals surface area (Å²) in [5.74, 6) is -2.28. The number of carboxylic acids is 2. The number of carboxylic acid groups (broad SMARTS) is 2. The minimum atomic E-state index is -1.13. The van der Waals surface area contributed by atoms with Crippen molar-refractivity contribution in [3.05, 3.63) is 60.2 Å². The van der Waals surface area contributed by atoms with Gasteiger partial charge in [-0.2, -0.15) is 0 Å². The standard InChI is InChI=1S/C21H22N2O5S.Na.H/c24-19(25)12-23-17-8-4-5-9-18(17)29-13-16(20(23)26)22-15(21(27)28)11-10-14-6-2-1-3-7-14;;/h1-9,15-16,22H,10-13H2,(H,24,25)(H,27,28);;/t15-,16?;;/m1../s1. The van der Waals surface area contributed by atoms with Crippen LogP contribution < -0.4 is 10.2 Å². The first-order valence-corrected chi connectivity index (χ1v) is 10.2. The third kappa shape index (κ3) is 6.33. The first-order chi connectivity index (χ1) is 14.0. The fourth-order valence-corrected chi connectivity index (χ4v) is 4.33. The molecule has 0 radical (unpaired) electrons. The van der Waals surface area contributed by atoms with Crippen LogP contribution >= 0.6 is 11.8 Å². The molecule has 7 nitrogen and oxygen atoms in total. The average Bonchev–Trinajstić information content (AvgIpc) is 2.83. The molecule has 1 unspecified atom stereocenters. The van der Waals surface area contributed by atoms with Crippen molar-refractivity contribution in [2.45, 2.75) is 29.8 Å². The van der Waals surface area contributed by atoms with Crippen molar-refractivity contribution < 1.29 is 24.6 Å². The quantitative estimate of drug-likeness (QED) is 0.538. The van der Waals surface area contributed by atoms with E-state index >= 15 is 0 Å². The summed E-state index contributed by atoms with van der Waals surface area (Å²) in [5, 5.41) is 21.8. The molecule has 0 saturated carbocycles. The van der Waals surface area contributed by atoms with Crippen LogP contribution in [0, 0.1) is 0 Å². The molecular formula is C21H23N2NaO5S.